The Morgan fingerprint density at radius 3 is 2.71 bits per heavy atom. The Bertz CT molecular complexity index is 663. The van der Waals surface area contributed by atoms with Gasteiger partial charge in [0.05, 0.1) is 11.4 Å². The normalized spacial score (nSPS) is 10.4. The lowest BCUT2D eigenvalue weighted by Gasteiger charge is -2.07. The number of hydrogen-bond donors (Lipinski definition) is 2. The highest BCUT2D eigenvalue weighted by Crippen LogP contribution is 2.10. The molecule has 0 aromatic carbocycles. The molecule has 9 heteroatoms. The van der Waals surface area contributed by atoms with Crippen LogP contribution in [-0.2, 0) is 17.8 Å². The van der Waals surface area contributed by atoms with E-state index >= 15 is 0 Å². The smallest absolute Gasteiger partial charge is 0.271 e. The summed E-state index contributed by atoms with van der Waals surface area (Å²) in [4.78, 5) is 24.1. The Labute approximate surface area is 125 Å². The second-order valence-corrected chi connectivity index (χ2v) is 5.24. The van der Waals surface area contributed by atoms with Crippen molar-refractivity contribution >= 4 is 23.3 Å². The zero-order chi connectivity index (χ0) is 15.4. The molecule has 0 aliphatic rings. The van der Waals surface area contributed by atoms with Gasteiger partial charge in [0, 0.05) is 5.69 Å². The first-order chi connectivity index (χ1) is 10.0. The van der Waals surface area contributed by atoms with Crippen LogP contribution >= 0.6 is 11.5 Å². The summed E-state index contributed by atoms with van der Waals surface area (Å²) in [5.41, 5.74) is 7.06. The Kier molecular flexibility index (Phi) is 4.63. The summed E-state index contributed by atoms with van der Waals surface area (Å²) in [6.07, 6.45) is 0.610. The van der Waals surface area contributed by atoms with Gasteiger partial charge in [0.15, 0.2) is 0 Å². The third-order valence-electron chi connectivity index (χ3n) is 2.81. The van der Waals surface area contributed by atoms with Crippen LogP contribution in [0.2, 0.25) is 0 Å². The number of rotatable bonds is 4. The van der Waals surface area contributed by atoms with E-state index < -0.39 is 5.91 Å². The Morgan fingerprint density at radius 1 is 1.33 bits per heavy atom. The number of aromatic nitrogens is 4. The lowest BCUT2D eigenvalue weighted by atomic mass is 10.3. The van der Waals surface area contributed by atoms with Gasteiger partial charge in [-0.1, -0.05) is 11.4 Å². The number of nitrogens with one attached hydrogen (secondary N) is 2. The van der Waals surface area contributed by atoms with Crippen molar-refractivity contribution in [3.8, 4) is 0 Å². The molecule has 0 saturated heterocycles. The standard InChI is InChI=1S/C12H16N6O2S/c1-4-9-11(21-17-13-9)12(20)15-14-10(19)6-18-8(3)5-7(2)16-18/h5H,4,6H2,1-3H3,(H,14,19)(H,15,20). The van der Waals surface area contributed by atoms with Gasteiger partial charge in [-0.2, -0.15) is 5.10 Å². The maximum Gasteiger partial charge on any atom is 0.283 e. The minimum absolute atomic E-state index is 0.0432. The first kappa shape index (κ1) is 15.1. The predicted octanol–water partition coefficient (Wildman–Crippen LogP) is 0.375. The van der Waals surface area contributed by atoms with Gasteiger partial charge in [-0.05, 0) is 37.9 Å². The number of hydrogen-bond acceptors (Lipinski definition) is 6. The van der Waals surface area contributed by atoms with Crippen LogP contribution in [0.4, 0.5) is 0 Å². The van der Waals surface area contributed by atoms with Crippen molar-refractivity contribution in [2.75, 3.05) is 0 Å². The van der Waals surface area contributed by atoms with Crippen molar-refractivity contribution in [2.45, 2.75) is 33.7 Å². The van der Waals surface area contributed by atoms with Gasteiger partial charge >= 0.3 is 0 Å². The molecule has 0 aliphatic heterocycles. The van der Waals surface area contributed by atoms with Gasteiger partial charge in [0.1, 0.15) is 11.4 Å². The fourth-order valence-corrected chi connectivity index (χ4v) is 2.45. The van der Waals surface area contributed by atoms with Gasteiger partial charge in [0.2, 0.25) is 0 Å². The molecule has 0 spiro atoms. The molecule has 0 fully saturated rings. The number of hydrazine groups is 1. The molecule has 0 bridgehead atoms. The maximum absolute atomic E-state index is 11.9. The number of aryl methyl sites for hydroxylation is 3. The minimum atomic E-state index is -0.413. The van der Waals surface area contributed by atoms with E-state index in [0.717, 1.165) is 22.9 Å². The van der Waals surface area contributed by atoms with Crippen LogP contribution in [0.15, 0.2) is 6.07 Å². The summed E-state index contributed by atoms with van der Waals surface area (Å²) >= 11 is 1.00. The predicted molar refractivity (Wildman–Crippen MR) is 76.6 cm³/mol. The lowest BCUT2D eigenvalue weighted by molar-refractivity contribution is -0.122. The monoisotopic (exact) mass is 308 g/mol. The summed E-state index contributed by atoms with van der Waals surface area (Å²) in [5.74, 6) is -0.770. The van der Waals surface area contributed by atoms with Gasteiger partial charge in [-0.3, -0.25) is 25.1 Å². The Morgan fingerprint density at radius 2 is 2.10 bits per heavy atom. The summed E-state index contributed by atoms with van der Waals surface area (Å²) in [5, 5.41) is 8.03. The van der Waals surface area contributed by atoms with E-state index in [1.165, 1.54) is 0 Å². The van der Waals surface area contributed by atoms with Crippen molar-refractivity contribution in [1.82, 2.24) is 30.2 Å². The minimum Gasteiger partial charge on any atom is -0.271 e. The summed E-state index contributed by atoms with van der Waals surface area (Å²) in [6.45, 7) is 5.64. The first-order valence-electron chi connectivity index (χ1n) is 6.42. The second kappa shape index (κ2) is 6.44. The molecule has 0 saturated carbocycles. The summed E-state index contributed by atoms with van der Waals surface area (Å²) in [6, 6.07) is 1.88. The molecule has 0 atom stereocenters. The van der Waals surface area contributed by atoms with Crippen molar-refractivity contribution in [3.63, 3.8) is 0 Å². The Balaban J connectivity index is 1.89. The highest BCUT2D eigenvalue weighted by Gasteiger charge is 2.15. The molecule has 8 nitrogen and oxygen atoms in total. The average molecular weight is 308 g/mol. The van der Waals surface area contributed by atoms with Crippen molar-refractivity contribution in [1.29, 1.82) is 0 Å². The highest BCUT2D eigenvalue weighted by molar-refractivity contribution is 7.08. The van der Waals surface area contributed by atoms with Crippen LogP contribution in [0.1, 0.15) is 33.7 Å². The van der Waals surface area contributed by atoms with Gasteiger partial charge in [-0.15, -0.1) is 5.10 Å². The average Bonchev–Trinajstić information content (AvgIpc) is 3.03. The molecule has 112 valence electrons. The third-order valence-corrected chi connectivity index (χ3v) is 3.58. The van der Waals surface area contributed by atoms with Crippen LogP contribution in [0, 0.1) is 13.8 Å². The molecule has 2 N–H and O–H groups in total. The zero-order valence-electron chi connectivity index (χ0n) is 12.0. The fourth-order valence-electron chi connectivity index (χ4n) is 1.81. The number of carbonyl (C=O) groups is 2. The van der Waals surface area contributed by atoms with E-state index in [1.807, 2.05) is 26.8 Å². The Hall–Kier alpha value is -2.29. The van der Waals surface area contributed by atoms with Gasteiger partial charge < -0.3 is 0 Å². The van der Waals surface area contributed by atoms with Gasteiger partial charge in [0.25, 0.3) is 11.8 Å². The van der Waals surface area contributed by atoms with E-state index in [2.05, 4.69) is 25.5 Å². The summed E-state index contributed by atoms with van der Waals surface area (Å²) in [7, 11) is 0. The van der Waals surface area contributed by atoms with E-state index in [0.29, 0.717) is 17.0 Å². The van der Waals surface area contributed by atoms with Crippen LogP contribution in [-0.4, -0.2) is 31.2 Å². The first-order valence-corrected chi connectivity index (χ1v) is 7.20. The molecule has 2 amide bonds. The number of amides is 2. The molecule has 0 radical (unpaired) electrons. The molecule has 2 heterocycles. The molecular weight excluding hydrogens is 292 g/mol. The number of nitrogens with zero attached hydrogens (tertiary/aromatic N) is 4. The topological polar surface area (TPSA) is 102 Å². The van der Waals surface area contributed by atoms with E-state index in [4.69, 9.17) is 0 Å². The van der Waals surface area contributed by atoms with Crippen molar-refractivity contribution < 1.29 is 9.59 Å². The molecule has 2 rings (SSSR count). The molecular formula is C12H16N6O2S. The van der Waals surface area contributed by atoms with E-state index in [9.17, 15) is 9.59 Å². The SMILES string of the molecule is CCc1nnsc1C(=O)NNC(=O)Cn1nc(C)cc1C. The second-order valence-electron chi connectivity index (χ2n) is 4.49. The van der Waals surface area contributed by atoms with Crippen molar-refractivity contribution in [3.05, 3.63) is 28.0 Å². The zero-order valence-corrected chi connectivity index (χ0v) is 12.8. The van der Waals surface area contributed by atoms with Crippen LogP contribution < -0.4 is 10.9 Å². The van der Waals surface area contributed by atoms with Crippen LogP contribution in [0.25, 0.3) is 0 Å². The van der Waals surface area contributed by atoms with Gasteiger partial charge in [-0.25, -0.2) is 0 Å². The van der Waals surface area contributed by atoms with Crippen LogP contribution in [0.3, 0.4) is 0 Å². The highest BCUT2D eigenvalue weighted by atomic mass is 32.1. The van der Waals surface area contributed by atoms with E-state index in [-0.39, 0.29) is 12.5 Å². The third kappa shape index (κ3) is 3.63. The largest absolute Gasteiger partial charge is 0.283 e. The quantitative estimate of drug-likeness (QED) is 0.795. The van der Waals surface area contributed by atoms with E-state index in [1.54, 1.807) is 4.68 Å². The molecule has 2 aromatic heterocycles. The molecule has 21 heavy (non-hydrogen) atoms. The van der Waals surface area contributed by atoms with Crippen molar-refractivity contribution in [2.24, 2.45) is 0 Å². The number of carbonyl (C=O) groups excluding carboxylic acids is 2. The lowest BCUT2D eigenvalue weighted by Crippen LogP contribution is -2.43. The van der Waals surface area contributed by atoms with Crippen LogP contribution in [0.5, 0.6) is 0 Å². The molecule has 0 aliphatic carbocycles. The fraction of sp³-hybridized carbons (Fsp3) is 0.417. The molecule has 0 unspecified atom stereocenters. The summed E-state index contributed by atoms with van der Waals surface area (Å²) < 4.78 is 5.30. The maximum atomic E-state index is 11.9. The molecule has 2 aromatic rings.